The molecule has 0 bridgehead atoms. The Labute approximate surface area is 591 Å². The molecule has 2 unspecified atom stereocenters. The number of nitrogens with zero attached hydrogens (tertiary/aromatic N) is 2. The molecule has 13 nitrogen and oxygen atoms in total. The van der Waals surface area contributed by atoms with Crippen molar-refractivity contribution in [3.63, 3.8) is 0 Å². The molecule has 0 amide bonds. The van der Waals surface area contributed by atoms with Crippen LogP contribution in [0, 0.1) is 70.0 Å². The molecule has 18 atom stereocenters. The van der Waals surface area contributed by atoms with Crippen LogP contribution in [0.25, 0.3) is 0 Å². The molecule has 0 aromatic rings. The summed E-state index contributed by atoms with van der Waals surface area (Å²) in [5, 5.41) is 16.4. The van der Waals surface area contributed by atoms with E-state index in [9.17, 15) is 9.59 Å². The van der Waals surface area contributed by atoms with Gasteiger partial charge in [-0.15, -0.1) is 11.6 Å². The molecule has 12 aliphatic rings. The summed E-state index contributed by atoms with van der Waals surface area (Å²) >= 11 is 6.23. The zero-order valence-corrected chi connectivity index (χ0v) is 60.4. The van der Waals surface area contributed by atoms with Crippen molar-refractivity contribution in [1.29, 1.82) is 0 Å². The first kappa shape index (κ1) is 71.4. The zero-order chi connectivity index (χ0) is 58.0. The first-order valence-electron chi connectivity index (χ1n) is 32.0. The minimum absolute atomic E-state index is 0. The number of likely N-dealkylation sites (tertiary alicyclic amines) is 2. The number of aliphatic hydroxyl groups excluding tert-OH is 1. The van der Waals surface area contributed by atoms with Gasteiger partial charge in [-0.25, -0.2) is 0 Å². The summed E-state index contributed by atoms with van der Waals surface area (Å²) in [7, 11) is 3.28. The minimum atomic E-state index is -0.181. The fourth-order valence-corrected chi connectivity index (χ4v) is 20.4. The Bertz CT molecular complexity index is 2370. The number of piperidine rings is 2. The second-order valence-corrected chi connectivity index (χ2v) is 28.6. The maximum absolute atomic E-state index is 12.2. The van der Waals surface area contributed by atoms with Crippen LogP contribution in [0.15, 0.2) is 45.6 Å². The Hall–Kier alpha value is 0.973. The van der Waals surface area contributed by atoms with Crippen LogP contribution in [0.1, 0.15) is 172 Å². The third-order valence-electron chi connectivity index (χ3n) is 24.0. The molecule has 8 fully saturated rings. The van der Waals surface area contributed by atoms with Crippen molar-refractivity contribution in [1.82, 2.24) is 9.80 Å². The third-order valence-corrected chi connectivity index (χ3v) is 24.1. The van der Waals surface area contributed by atoms with Crippen LogP contribution in [-0.2, 0) is 43.0 Å². The van der Waals surface area contributed by atoms with Gasteiger partial charge in [-0.05, 0) is 187 Å². The van der Waals surface area contributed by atoms with Gasteiger partial charge in [-0.1, -0.05) is 75.0 Å². The molecule has 458 valence electrons. The number of alkyl halides is 1. The van der Waals surface area contributed by atoms with Gasteiger partial charge < -0.3 is 40.4 Å². The van der Waals surface area contributed by atoms with Crippen molar-refractivity contribution in [2.75, 3.05) is 79.3 Å². The zero-order valence-electron chi connectivity index (χ0n) is 54.4. The average Bonchev–Trinajstić information content (AvgIpc) is 2.96. The molecule has 16 heteroatoms. The van der Waals surface area contributed by atoms with E-state index in [0.717, 1.165) is 113 Å². The molecular weight excluding hydrogens is 1120 g/mol. The average molecular weight is 1230 g/mol. The van der Waals surface area contributed by atoms with Crippen LogP contribution >= 0.6 is 11.6 Å². The molecule has 4 aliphatic heterocycles. The van der Waals surface area contributed by atoms with Gasteiger partial charge in [0.2, 0.25) is 0 Å². The molecule has 0 aromatic heterocycles. The van der Waals surface area contributed by atoms with E-state index in [0.29, 0.717) is 85.2 Å². The van der Waals surface area contributed by atoms with Crippen molar-refractivity contribution in [2.24, 2.45) is 70.0 Å². The SMILES string of the molecule is CC1=C2C[C@H]3C(CCC4=CC(=O)CC[C@@]43C)[C@@H]2CC[C@@]2(C1)O[C@@H]1C[C@H](C)CN(CCCl)[C@H]1[C@H]2C.COCCO.COCCOCCN1C[C@@H](C)C[C@H]2O[C@]3(CC[C@@H]4C(=C(C)C3)C[C@H]3C4CCC4=CC(=O)CC[C@@]43C)[C@H](C)[C@@H]21.O=CO[O-].[H-].[K+].[K+]. The summed E-state index contributed by atoms with van der Waals surface area (Å²) in [5.41, 5.74) is 10.2. The number of allylic oxidation sites excluding steroid dienone is 6. The molecule has 4 saturated heterocycles. The van der Waals surface area contributed by atoms with E-state index < -0.39 is 0 Å². The first-order chi connectivity index (χ1) is 38.8. The van der Waals surface area contributed by atoms with E-state index in [2.05, 4.69) is 74.8 Å². The monoisotopic (exact) mass is 1230 g/mol. The number of carbonyl (C=O) groups excluding carboxylic acids is 3. The molecule has 4 saturated carbocycles. The van der Waals surface area contributed by atoms with Crippen LogP contribution in [0.4, 0.5) is 0 Å². The second kappa shape index (κ2) is 31.1. The van der Waals surface area contributed by atoms with Crippen LogP contribution < -0.4 is 108 Å². The molecule has 12 rings (SSSR count). The van der Waals surface area contributed by atoms with Crippen LogP contribution in [-0.4, -0.2) is 148 Å². The summed E-state index contributed by atoms with van der Waals surface area (Å²) in [4.78, 5) is 41.0. The number of carbonyl (C=O) groups is 3. The minimum Gasteiger partial charge on any atom is -1.00 e. The Kier molecular flexibility index (Phi) is 26.7. The topological polar surface area (TPSA) is 156 Å². The number of rotatable bonds is 11. The quantitative estimate of drug-likeness (QED) is 0.0579. The van der Waals surface area contributed by atoms with E-state index in [1.54, 1.807) is 36.5 Å². The van der Waals surface area contributed by atoms with Crippen molar-refractivity contribution < 1.29 is 158 Å². The third kappa shape index (κ3) is 14.8. The van der Waals surface area contributed by atoms with Crippen LogP contribution in [0.3, 0.4) is 0 Å². The molecule has 2 spiro atoms. The second-order valence-electron chi connectivity index (χ2n) is 28.3. The number of fused-ring (bicyclic) bond motifs is 12. The largest absolute Gasteiger partial charge is 1.00 e. The molecule has 0 aromatic carbocycles. The van der Waals surface area contributed by atoms with Crippen molar-refractivity contribution >= 4 is 29.6 Å². The molecule has 1 N–H and O–H groups in total. The van der Waals surface area contributed by atoms with Gasteiger partial charge in [0, 0.05) is 83.0 Å². The fraction of sp³-hybridized carbons (Fsp3) is 0.836. The van der Waals surface area contributed by atoms with E-state index in [-0.39, 0.29) is 139 Å². The summed E-state index contributed by atoms with van der Waals surface area (Å²) in [6, 6.07) is 1.03. The Morgan fingerprint density at radius 1 is 0.687 bits per heavy atom. The van der Waals surface area contributed by atoms with Crippen molar-refractivity contribution in [3.8, 4) is 0 Å². The number of ketones is 2. The predicted octanol–water partition coefficient (Wildman–Crippen LogP) is 4.71. The maximum atomic E-state index is 12.2. The van der Waals surface area contributed by atoms with Crippen molar-refractivity contribution in [3.05, 3.63) is 45.6 Å². The predicted molar refractivity (Wildman–Crippen MR) is 315 cm³/mol. The normalized spacial score (nSPS) is 41.3. The summed E-state index contributed by atoms with van der Waals surface area (Å²) in [6.45, 7) is 26.4. The summed E-state index contributed by atoms with van der Waals surface area (Å²) < 4.78 is 29.9. The molecule has 83 heavy (non-hydrogen) atoms. The van der Waals surface area contributed by atoms with Gasteiger partial charge in [0.25, 0.3) is 6.47 Å². The van der Waals surface area contributed by atoms with Crippen LogP contribution in [0.2, 0.25) is 0 Å². The van der Waals surface area contributed by atoms with E-state index in [1.165, 1.54) is 81.9 Å². The van der Waals surface area contributed by atoms with Crippen LogP contribution in [0.5, 0.6) is 0 Å². The standard InChI is InChI=1S/C33H51NO4.C30H44ClNO2.C3H8O2.CH2O3.2K.H/c1-21-16-30-31(34(20-21)12-13-37-15-14-36-5)23(3)33(38-30)11-9-26-27-7-6-24-17-25(35)8-10-32(24,4)29(27)18-28(26)22(2)19-33;1-18-13-27-28(32(17-18)12-11-31)20(3)30(34-27)10-8-23-24-6-5-21-14-22(33)7-9-29(21,4)26(24)15-25(23)19(2)16-30;1-5-3-2-4;2-1-4-3;;;/h17,21,23,26-27,29-31H,6-16,18-20H2,1-5H3;14,18,20,23-24,26-28H,5-13,15-17H2,1-4H3;4H,2-3H2,1H3;1,3H;;;/q;;;;2*+1;-1/p-1/t21-,23+,26-,27?,29-,30+,31-,32-,33-;18-,20+,23-,24?,26-,27+,28-,29-,30-;;;;;/m00...../s1. The van der Waals surface area contributed by atoms with E-state index in [1.807, 2.05) is 12.2 Å². The van der Waals surface area contributed by atoms with E-state index in [4.69, 9.17) is 45.7 Å². The Morgan fingerprint density at radius 2 is 1.13 bits per heavy atom. The van der Waals surface area contributed by atoms with Gasteiger partial charge >= 0.3 is 103 Å². The number of methoxy groups -OCH3 is 2. The molecular formula is C67H105ClK2N2O11. The Morgan fingerprint density at radius 3 is 1.53 bits per heavy atom. The van der Waals surface area contributed by atoms with E-state index >= 15 is 0 Å². The van der Waals surface area contributed by atoms with Gasteiger partial charge in [-0.3, -0.25) is 24.2 Å². The van der Waals surface area contributed by atoms with Gasteiger partial charge in [0.15, 0.2) is 11.6 Å². The summed E-state index contributed by atoms with van der Waals surface area (Å²) in [5.74, 6) is 8.36. The maximum Gasteiger partial charge on any atom is 1.00 e. The smallest absolute Gasteiger partial charge is 1.00 e. The number of halogens is 1. The fourth-order valence-electron chi connectivity index (χ4n) is 20.1. The van der Waals surface area contributed by atoms with Gasteiger partial charge in [-0.2, -0.15) is 0 Å². The number of hydrogen-bond acceptors (Lipinski definition) is 13. The van der Waals surface area contributed by atoms with Gasteiger partial charge in [0.1, 0.15) is 0 Å². The number of ether oxygens (including phenoxy) is 5. The van der Waals surface area contributed by atoms with Gasteiger partial charge in [0.05, 0.1) is 56.4 Å². The molecule has 0 radical (unpaired) electrons. The Balaban J connectivity index is 0.000000229. The number of aliphatic hydroxyl groups is 1. The molecule has 8 aliphatic carbocycles. The summed E-state index contributed by atoms with van der Waals surface area (Å²) in [6.07, 6.45) is 25.3. The molecule has 4 heterocycles. The number of hydrogen-bond donors (Lipinski definition) is 1. The van der Waals surface area contributed by atoms with Crippen molar-refractivity contribution in [2.45, 2.75) is 206 Å². The first-order valence-corrected chi connectivity index (χ1v) is 32.5.